The van der Waals surface area contributed by atoms with Crippen LogP contribution in [0.15, 0.2) is 58.9 Å². The van der Waals surface area contributed by atoms with E-state index in [4.69, 9.17) is 0 Å². The second-order valence-electron chi connectivity index (χ2n) is 6.75. The molecule has 0 aliphatic rings. The summed E-state index contributed by atoms with van der Waals surface area (Å²) in [6.07, 6.45) is -4.10. The van der Waals surface area contributed by atoms with Gasteiger partial charge in [0.1, 0.15) is 10.4 Å². The number of anilines is 1. The van der Waals surface area contributed by atoms with Crippen LogP contribution in [0.1, 0.15) is 19.5 Å². The van der Waals surface area contributed by atoms with Gasteiger partial charge in [0.15, 0.2) is 15.0 Å². The van der Waals surface area contributed by atoms with Gasteiger partial charge in [0, 0.05) is 17.1 Å². The van der Waals surface area contributed by atoms with Crippen LogP contribution < -0.4 is 5.32 Å². The van der Waals surface area contributed by atoms with Crippen molar-refractivity contribution in [1.29, 1.82) is 0 Å². The van der Waals surface area contributed by atoms with Gasteiger partial charge in [0.25, 0.3) is 0 Å². The summed E-state index contributed by atoms with van der Waals surface area (Å²) in [6.45, 7) is 2.34. The van der Waals surface area contributed by atoms with Crippen molar-refractivity contribution in [3.05, 3.63) is 59.7 Å². The zero-order valence-corrected chi connectivity index (χ0v) is 17.4. The van der Waals surface area contributed by atoms with Gasteiger partial charge >= 0.3 is 6.18 Å². The van der Waals surface area contributed by atoms with Gasteiger partial charge in [-0.1, -0.05) is 30.3 Å². The molecule has 0 bridgehead atoms. The molecule has 0 unspecified atom stereocenters. The molecule has 0 aliphatic heterocycles. The van der Waals surface area contributed by atoms with Crippen molar-refractivity contribution in [2.45, 2.75) is 29.7 Å². The quantitative estimate of drug-likeness (QED) is 0.615. The fourth-order valence-corrected chi connectivity index (χ4v) is 4.48. The third kappa shape index (κ3) is 4.21. The number of nitrogens with zero attached hydrogens (tertiary/aromatic N) is 2. The van der Waals surface area contributed by atoms with Gasteiger partial charge in [0.2, 0.25) is 5.91 Å². The molecule has 2 heterocycles. The second kappa shape index (κ2) is 7.80. The number of benzene rings is 1. The highest BCUT2D eigenvalue weighted by atomic mass is 32.2. The summed E-state index contributed by atoms with van der Waals surface area (Å²) in [7, 11) is -4.33. The zero-order chi connectivity index (χ0) is 22.2. The van der Waals surface area contributed by atoms with E-state index >= 15 is 0 Å². The number of sulfone groups is 1. The van der Waals surface area contributed by atoms with E-state index in [-0.39, 0.29) is 5.13 Å². The van der Waals surface area contributed by atoms with E-state index in [0.29, 0.717) is 18.0 Å². The Labute approximate surface area is 174 Å². The highest BCUT2D eigenvalue weighted by molar-refractivity contribution is 7.93. The van der Waals surface area contributed by atoms with E-state index in [2.05, 4.69) is 15.3 Å². The number of alkyl halides is 3. The van der Waals surface area contributed by atoms with Crippen LogP contribution in [0.3, 0.4) is 0 Å². The number of pyridine rings is 1. The summed E-state index contributed by atoms with van der Waals surface area (Å²) in [5, 5.41) is 4.39. The van der Waals surface area contributed by atoms with Crippen molar-refractivity contribution in [2.75, 3.05) is 5.32 Å². The number of carbonyl (C=O) groups is 1. The van der Waals surface area contributed by atoms with Crippen LogP contribution in [-0.4, -0.2) is 29.0 Å². The van der Waals surface area contributed by atoms with Gasteiger partial charge < -0.3 is 5.32 Å². The Morgan fingerprint density at radius 1 is 1.07 bits per heavy atom. The summed E-state index contributed by atoms with van der Waals surface area (Å²) in [5.41, 5.74) is 0.223. The van der Waals surface area contributed by atoms with E-state index < -0.39 is 37.3 Å². The Balaban J connectivity index is 1.82. The fourth-order valence-electron chi connectivity index (χ4n) is 2.44. The Bertz CT molecular complexity index is 1160. The number of halogens is 3. The molecule has 3 rings (SSSR count). The third-order valence-electron chi connectivity index (χ3n) is 4.35. The molecule has 0 atom stereocenters. The molecule has 0 fully saturated rings. The van der Waals surface area contributed by atoms with Gasteiger partial charge in [-0.05, 0) is 26.0 Å². The minimum Gasteiger partial charge on any atom is -0.301 e. The van der Waals surface area contributed by atoms with Crippen molar-refractivity contribution in [2.24, 2.45) is 0 Å². The first-order valence-corrected chi connectivity index (χ1v) is 10.9. The highest BCUT2D eigenvalue weighted by Crippen LogP contribution is 2.31. The summed E-state index contributed by atoms with van der Waals surface area (Å²) >= 11 is 1.12. The summed E-state index contributed by atoms with van der Waals surface area (Å²) in [4.78, 5) is 19.7. The summed E-state index contributed by atoms with van der Waals surface area (Å²) in [5.74, 6) is -0.864. The first kappa shape index (κ1) is 21.9. The lowest BCUT2D eigenvalue weighted by Gasteiger charge is -2.23. The molecule has 0 saturated heterocycles. The normalized spacial score (nSPS) is 12.6. The Hall–Kier alpha value is -2.79. The average molecular weight is 455 g/mol. The number of aromatic nitrogens is 2. The standard InChI is InChI=1S/C19H16F3N3O3S2/c1-18(2,30(27,28)13-8-9-15(23-10-13)19(20,21)22)16(26)25-17-24-14(11-29-17)12-6-4-3-5-7-12/h3-11H,1-2H3,(H,24,25,26). The van der Waals surface area contributed by atoms with E-state index in [0.717, 1.165) is 23.0 Å². The predicted octanol–water partition coefficient (Wildman–Crippen LogP) is 4.41. The maximum absolute atomic E-state index is 12.9. The van der Waals surface area contributed by atoms with E-state index in [9.17, 15) is 26.4 Å². The Morgan fingerprint density at radius 2 is 1.73 bits per heavy atom. The molecule has 30 heavy (non-hydrogen) atoms. The molecule has 3 aromatic rings. The van der Waals surface area contributed by atoms with Gasteiger partial charge in [-0.3, -0.25) is 9.78 Å². The number of hydrogen-bond donors (Lipinski definition) is 1. The Kier molecular flexibility index (Phi) is 5.70. The van der Waals surface area contributed by atoms with Crippen LogP contribution in [0.25, 0.3) is 11.3 Å². The monoisotopic (exact) mass is 455 g/mol. The molecule has 1 N–H and O–H groups in total. The van der Waals surface area contributed by atoms with Crippen molar-refractivity contribution < 1.29 is 26.4 Å². The van der Waals surface area contributed by atoms with E-state index in [1.807, 2.05) is 30.3 Å². The van der Waals surface area contributed by atoms with E-state index in [1.165, 1.54) is 13.8 Å². The number of hydrogen-bond acceptors (Lipinski definition) is 6. The van der Waals surface area contributed by atoms with E-state index in [1.54, 1.807) is 5.38 Å². The summed E-state index contributed by atoms with van der Waals surface area (Å²) in [6, 6.07) is 10.5. The molecule has 0 radical (unpaired) electrons. The molecule has 6 nitrogen and oxygen atoms in total. The summed E-state index contributed by atoms with van der Waals surface area (Å²) < 4.78 is 61.8. The van der Waals surface area contributed by atoms with Gasteiger partial charge in [-0.2, -0.15) is 13.2 Å². The number of carbonyl (C=O) groups excluding carboxylic acids is 1. The van der Waals surface area contributed by atoms with Crippen LogP contribution in [0.4, 0.5) is 18.3 Å². The molecule has 1 amide bonds. The maximum atomic E-state index is 12.9. The van der Waals surface area contributed by atoms with Crippen LogP contribution in [-0.2, 0) is 20.8 Å². The molecule has 0 saturated carbocycles. The number of amides is 1. The number of rotatable bonds is 5. The lowest BCUT2D eigenvalue weighted by molar-refractivity contribution is -0.141. The topological polar surface area (TPSA) is 89.0 Å². The van der Waals surface area contributed by atoms with Gasteiger partial charge in [-0.15, -0.1) is 11.3 Å². The minimum atomic E-state index is -4.70. The number of nitrogens with one attached hydrogen (secondary N) is 1. The second-order valence-corrected chi connectivity index (χ2v) is 10.1. The van der Waals surface area contributed by atoms with Crippen molar-refractivity contribution in [3.63, 3.8) is 0 Å². The lowest BCUT2D eigenvalue weighted by atomic mass is 10.2. The third-order valence-corrected chi connectivity index (χ3v) is 7.50. The molecular weight excluding hydrogens is 439 g/mol. The predicted molar refractivity (Wildman–Crippen MR) is 107 cm³/mol. The zero-order valence-electron chi connectivity index (χ0n) is 15.8. The SMILES string of the molecule is CC(C)(C(=O)Nc1nc(-c2ccccc2)cs1)S(=O)(=O)c1ccc(C(F)(F)F)nc1. The van der Waals surface area contributed by atoms with Crippen molar-refractivity contribution in [1.82, 2.24) is 9.97 Å². The highest BCUT2D eigenvalue weighted by Gasteiger charge is 2.44. The van der Waals surface area contributed by atoms with Crippen LogP contribution >= 0.6 is 11.3 Å². The molecule has 158 valence electrons. The van der Waals surface area contributed by atoms with Crippen molar-refractivity contribution >= 4 is 32.2 Å². The largest absolute Gasteiger partial charge is 0.433 e. The average Bonchev–Trinajstić information content (AvgIpc) is 3.16. The molecule has 11 heteroatoms. The lowest BCUT2D eigenvalue weighted by Crippen LogP contribution is -2.44. The van der Waals surface area contributed by atoms with Crippen LogP contribution in [0.2, 0.25) is 0 Å². The maximum Gasteiger partial charge on any atom is 0.433 e. The van der Waals surface area contributed by atoms with Crippen LogP contribution in [0, 0.1) is 0 Å². The van der Waals surface area contributed by atoms with Gasteiger partial charge in [-0.25, -0.2) is 13.4 Å². The molecule has 1 aromatic carbocycles. The number of thiazole rings is 1. The smallest absolute Gasteiger partial charge is 0.301 e. The first-order valence-electron chi connectivity index (χ1n) is 8.53. The van der Waals surface area contributed by atoms with Crippen molar-refractivity contribution in [3.8, 4) is 11.3 Å². The van der Waals surface area contributed by atoms with Gasteiger partial charge in [0.05, 0.1) is 10.6 Å². The van der Waals surface area contributed by atoms with Crippen LogP contribution in [0.5, 0.6) is 0 Å². The molecule has 2 aromatic heterocycles. The fraction of sp³-hybridized carbons (Fsp3) is 0.211. The molecule has 0 aliphatic carbocycles. The minimum absolute atomic E-state index is 0.202. The molecular formula is C19H16F3N3O3S2. The molecule has 0 spiro atoms. The Morgan fingerprint density at radius 3 is 2.30 bits per heavy atom. The first-order chi connectivity index (χ1) is 13.9.